The van der Waals surface area contributed by atoms with Crippen molar-refractivity contribution in [3.63, 3.8) is 0 Å². The molecule has 1 rings (SSSR count). The molecule has 0 fully saturated rings. The van der Waals surface area contributed by atoms with E-state index >= 15 is 0 Å². The fraction of sp³-hybridized carbons (Fsp3) is 0.417. The third kappa shape index (κ3) is 4.79. The first kappa shape index (κ1) is 14.5. The number of benzene rings is 1. The van der Waals surface area contributed by atoms with Gasteiger partial charge < -0.3 is 15.9 Å². The summed E-state index contributed by atoms with van der Waals surface area (Å²) in [4.78, 5) is 8.56. The molecule has 4 N–H and O–H groups in total. The number of hydrogen-bond acceptors (Lipinski definition) is 2. The Morgan fingerprint density at radius 2 is 1.75 bits per heavy atom. The maximum atomic E-state index is 8.56. The zero-order valence-corrected chi connectivity index (χ0v) is 9.90. The van der Waals surface area contributed by atoms with Crippen molar-refractivity contribution in [2.24, 2.45) is 5.73 Å². The van der Waals surface area contributed by atoms with E-state index in [1.807, 2.05) is 0 Å². The van der Waals surface area contributed by atoms with Crippen molar-refractivity contribution in [2.75, 3.05) is 6.54 Å². The molecule has 0 aliphatic carbocycles. The molecule has 0 spiro atoms. The van der Waals surface area contributed by atoms with Crippen LogP contribution in [0.2, 0.25) is 0 Å². The lowest BCUT2D eigenvalue weighted by molar-refractivity contribution is 0.137. The minimum atomic E-state index is -1.83. The zero-order valence-electron chi connectivity index (χ0n) is 9.90. The topological polar surface area (TPSA) is 83.6 Å². The Labute approximate surface area is 95.7 Å². The van der Waals surface area contributed by atoms with E-state index in [4.69, 9.17) is 20.7 Å². The molecule has 4 nitrogen and oxygen atoms in total. The lowest BCUT2D eigenvalue weighted by atomic mass is 9.82. The highest BCUT2D eigenvalue weighted by Crippen LogP contribution is 2.24. The van der Waals surface area contributed by atoms with Gasteiger partial charge in [-0.05, 0) is 18.1 Å². The van der Waals surface area contributed by atoms with E-state index in [2.05, 4.69) is 45.0 Å². The number of carbonyl (C=O) groups is 1. The highest BCUT2D eigenvalue weighted by Gasteiger charge is 2.19. The van der Waals surface area contributed by atoms with Gasteiger partial charge in [-0.1, -0.05) is 38.1 Å². The Kier molecular flexibility index (Phi) is 5.53. The van der Waals surface area contributed by atoms with Crippen molar-refractivity contribution in [1.29, 1.82) is 0 Å². The van der Waals surface area contributed by atoms with Gasteiger partial charge in [-0.15, -0.1) is 0 Å². The highest BCUT2D eigenvalue weighted by molar-refractivity contribution is 5.53. The summed E-state index contributed by atoms with van der Waals surface area (Å²) in [5, 5.41) is 13.9. The molecular formula is C12H19NO3. The second-order valence-electron chi connectivity index (χ2n) is 4.19. The van der Waals surface area contributed by atoms with E-state index < -0.39 is 6.16 Å². The third-order valence-electron chi connectivity index (χ3n) is 2.38. The van der Waals surface area contributed by atoms with Crippen molar-refractivity contribution < 1.29 is 15.0 Å². The largest absolute Gasteiger partial charge is 0.503 e. The molecule has 0 unspecified atom stereocenters. The Balaban J connectivity index is 0.000000487. The van der Waals surface area contributed by atoms with Gasteiger partial charge in [-0.2, -0.15) is 0 Å². The molecule has 0 aromatic heterocycles. The van der Waals surface area contributed by atoms with Crippen LogP contribution in [0.1, 0.15) is 25.0 Å². The van der Waals surface area contributed by atoms with Crippen LogP contribution in [0.5, 0.6) is 0 Å². The van der Waals surface area contributed by atoms with Crippen LogP contribution in [0, 0.1) is 6.92 Å². The van der Waals surface area contributed by atoms with Crippen LogP contribution < -0.4 is 5.73 Å². The van der Waals surface area contributed by atoms with Crippen molar-refractivity contribution in [3.8, 4) is 0 Å². The van der Waals surface area contributed by atoms with Crippen LogP contribution >= 0.6 is 0 Å². The first-order chi connectivity index (χ1) is 7.31. The lowest BCUT2D eigenvalue weighted by Crippen LogP contribution is -2.28. The van der Waals surface area contributed by atoms with E-state index in [0.29, 0.717) is 6.54 Å². The van der Waals surface area contributed by atoms with Gasteiger partial charge in [0.25, 0.3) is 0 Å². The molecule has 0 saturated carbocycles. The first-order valence-corrected chi connectivity index (χ1v) is 4.99. The van der Waals surface area contributed by atoms with Gasteiger partial charge in [0.05, 0.1) is 0 Å². The molecule has 0 bridgehead atoms. The summed E-state index contributed by atoms with van der Waals surface area (Å²) in [5.74, 6) is 0. The van der Waals surface area contributed by atoms with Crippen LogP contribution in [0.15, 0.2) is 24.3 Å². The summed E-state index contributed by atoms with van der Waals surface area (Å²) in [7, 11) is 0. The average Bonchev–Trinajstić information content (AvgIpc) is 2.17. The number of aryl methyl sites for hydroxylation is 1. The van der Waals surface area contributed by atoms with Gasteiger partial charge in [0.1, 0.15) is 0 Å². The van der Waals surface area contributed by atoms with Crippen molar-refractivity contribution in [3.05, 3.63) is 35.4 Å². The molecule has 0 aliphatic rings. The molecule has 0 saturated heterocycles. The van der Waals surface area contributed by atoms with Crippen LogP contribution in [0.4, 0.5) is 4.79 Å². The van der Waals surface area contributed by atoms with Crippen molar-refractivity contribution >= 4 is 6.16 Å². The van der Waals surface area contributed by atoms with Gasteiger partial charge in [-0.25, -0.2) is 4.79 Å². The average molecular weight is 225 g/mol. The fourth-order valence-corrected chi connectivity index (χ4v) is 1.44. The molecule has 1 aromatic rings. The van der Waals surface area contributed by atoms with Crippen LogP contribution in [-0.2, 0) is 5.41 Å². The summed E-state index contributed by atoms with van der Waals surface area (Å²) in [5.41, 5.74) is 8.49. The third-order valence-corrected chi connectivity index (χ3v) is 2.38. The quantitative estimate of drug-likeness (QED) is 0.721. The highest BCUT2D eigenvalue weighted by atomic mass is 16.6. The van der Waals surface area contributed by atoms with Gasteiger partial charge in [0.15, 0.2) is 0 Å². The fourth-order valence-electron chi connectivity index (χ4n) is 1.44. The van der Waals surface area contributed by atoms with Crippen LogP contribution in [0.3, 0.4) is 0 Å². The summed E-state index contributed by atoms with van der Waals surface area (Å²) in [6.45, 7) is 7.18. The molecule has 4 heteroatoms. The predicted molar refractivity (Wildman–Crippen MR) is 63.9 cm³/mol. The second kappa shape index (κ2) is 6.12. The Morgan fingerprint density at radius 3 is 2.12 bits per heavy atom. The Bertz CT molecular complexity index is 344. The van der Waals surface area contributed by atoms with Crippen LogP contribution in [0.25, 0.3) is 0 Å². The normalized spacial score (nSPS) is 10.2. The van der Waals surface area contributed by atoms with E-state index in [1.165, 1.54) is 11.1 Å². The maximum Gasteiger partial charge on any atom is 0.503 e. The molecule has 1 aromatic carbocycles. The second-order valence-corrected chi connectivity index (χ2v) is 4.19. The molecule has 0 aliphatic heterocycles. The van der Waals surface area contributed by atoms with Crippen molar-refractivity contribution in [2.45, 2.75) is 26.2 Å². The number of rotatable bonds is 2. The summed E-state index contributed by atoms with van der Waals surface area (Å²) < 4.78 is 0. The number of hydrogen-bond donors (Lipinski definition) is 3. The van der Waals surface area contributed by atoms with Gasteiger partial charge in [-0.3, -0.25) is 0 Å². The molecule has 16 heavy (non-hydrogen) atoms. The molecule has 0 atom stereocenters. The molecular weight excluding hydrogens is 206 g/mol. The lowest BCUT2D eigenvalue weighted by Gasteiger charge is -2.24. The Hall–Kier alpha value is -1.55. The maximum absolute atomic E-state index is 8.56. The molecule has 0 heterocycles. The van der Waals surface area contributed by atoms with Gasteiger partial charge >= 0.3 is 6.16 Å². The predicted octanol–water partition coefficient (Wildman–Crippen LogP) is 2.45. The minimum absolute atomic E-state index is 0.103. The van der Waals surface area contributed by atoms with Gasteiger partial charge in [0.2, 0.25) is 0 Å². The van der Waals surface area contributed by atoms with E-state index in [-0.39, 0.29) is 5.41 Å². The standard InChI is InChI=1S/C11H17N.CH2O3/c1-9-6-4-5-7-10(9)11(2,3)8-12;2-1(3)4/h4-7H,8,12H2,1-3H3;(H2,2,3,4). The molecule has 90 valence electrons. The molecule has 0 radical (unpaired) electrons. The SMILES string of the molecule is Cc1ccccc1C(C)(C)CN.O=C(O)O. The summed E-state index contributed by atoms with van der Waals surface area (Å²) >= 11 is 0. The zero-order chi connectivity index (χ0) is 12.8. The van der Waals surface area contributed by atoms with Crippen LogP contribution in [-0.4, -0.2) is 22.9 Å². The van der Waals surface area contributed by atoms with E-state index in [1.54, 1.807) is 0 Å². The number of carboxylic acid groups (broad SMARTS) is 2. The van der Waals surface area contributed by atoms with E-state index in [9.17, 15) is 0 Å². The summed E-state index contributed by atoms with van der Waals surface area (Å²) in [6.07, 6.45) is -1.83. The molecule has 0 amide bonds. The number of nitrogens with two attached hydrogens (primary N) is 1. The first-order valence-electron chi connectivity index (χ1n) is 4.99. The van der Waals surface area contributed by atoms with Gasteiger partial charge in [0, 0.05) is 12.0 Å². The van der Waals surface area contributed by atoms with E-state index in [0.717, 1.165) is 0 Å². The monoisotopic (exact) mass is 225 g/mol. The Morgan fingerprint density at radius 1 is 1.31 bits per heavy atom. The minimum Gasteiger partial charge on any atom is -0.450 e. The summed E-state index contributed by atoms with van der Waals surface area (Å²) in [6, 6.07) is 8.42. The smallest absolute Gasteiger partial charge is 0.450 e. The van der Waals surface area contributed by atoms with Crippen molar-refractivity contribution in [1.82, 2.24) is 0 Å².